The molecule has 0 atom stereocenters. The largest absolute Gasteiger partial charge is 0.478 e. The van der Waals surface area contributed by atoms with Gasteiger partial charge in [0.1, 0.15) is 5.54 Å². The summed E-state index contributed by atoms with van der Waals surface area (Å²) in [6.45, 7) is -2.50. The predicted octanol–water partition coefficient (Wildman–Crippen LogP) is -0.968. The van der Waals surface area contributed by atoms with Crippen molar-refractivity contribution in [3.05, 3.63) is 28.8 Å². The first-order chi connectivity index (χ1) is 9.71. The van der Waals surface area contributed by atoms with E-state index in [9.17, 15) is 13.2 Å². The average Bonchev–Trinajstić information content (AvgIpc) is 2.44. The maximum Gasteiger partial charge on any atom is 0.337 e. The summed E-state index contributed by atoms with van der Waals surface area (Å²) in [5.41, 5.74) is -2.11. The minimum Gasteiger partial charge on any atom is -0.478 e. The van der Waals surface area contributed by atoms with E-state index in [1.807, 2.05) is 4.72 Å². The van der Waals surface area contributed by atoms with E-state index in [4.69, 9.17) is 32.0 Å². The molecule has 0 aliphatic heterocycles. The number of benzene rings is 1. The van der Waals surface area contributed by atoms with Crippen molar-refractivity contribution in [2.45, 2.75) is 10.4 Å². The van der Waals surface area contributed by atoms with E-state index in [-0.39, 0.29) is 15.5 Å². The number of aliphatic hydroxyl groups is 3. The van der Waals surface area contributed by atoms with Gasteiger partial charge >= 0.3 is 5.97 Å². The number of halogens is 1. The van der Waals surface area contributed by atoms with Crippen LogP contribution in [0.5, 0.6) is 0 Å². The second-order valence-electron chi connectivity index (χ2n) is 4.31. The molecule has 0 amide bonds. The first-order valence-corrected chi connectivity index (χ1v) is 7.47. The highest BCUT2D eigenvalue weighted by molar-refractivity contribution is 7.89. The van der Waals surface area contributed by atoms with Crippen molar-refractivity contribution in [1.29, 1.82) is 0 Å². The highest BCUT2D eigenvalue weighted by Crippen LogP contribution is 2.22. The van der Waals surface area contributed by atoms with E-state index in [0.717, 1.165) is 18.2 Å². The van der Waals surface area contributed by atoms with Crippen LogP contribution in [0.4, 0.5) is 0 Å². The molecule has 0 aromatic heterocycles. The summed E-state index contributed by atoms with van der Waals surface area (Å²) in [4.78, 5) is 10.4. The summed E-state index contributed by atoms with van der Waals surface area (Å²) in [5, 5.41) is 35.8. The normalized spacial score (nSPS) is 12.4. The van der Waals surface area contributed by atoms with Crippen molar-refractivity contribution in [1.82, 2.24) is 4.72 Å². The number of carboxylic acids is 1. The van der Waals surface area contributed by atoms with Crippen molar-refractivity contribution in [2.75, 3.05) is 19.8 Å². The van der Waals surface area contributed by atoms with Crippen molar-refractivity contribution in [3.8, 4) is 0 Å². The lowest BCUT2D eigenvalue weighted by Crippen LogP contribution is -2.56. The summed E-state index contributed by atoms with van der Waals surface area (Å²) in [6, 6.07) is 2.94. The molecule has 118 valence electrons. The molecular weight excluding hydrogens is 326 g/mol. The SMILES string of the molecule is O=C(O)c1ccc(S(=O)(=O)NC(CO)(CO)CO)cc1Cl. The number of hydrogen-bond acceptors (Lipinski definition) is 6. The second kappa shape index (κ2) is 6.69. The van der Waals surface area contributed by atoms with Crippen LogP contribution < -0.4 is 4.72 Å². The van der Waals surface area contributed by atoms with Gasteiger partial charge in [-0.05, 0) is 18.2 Å². The molecular formula is C11H14ClNO7S. The number of carbonyl (C=O) groups is 1. The molecule has 8 nitrogen and oxygen atoms in total. The fourth-order valence-electron chi connectivity index (χ4n) is 1.43. The van der Waals surface area contributed by atoms with Crippen LogP contribution in [0, 0.1) is 0 Å². The molecule has 10 heteroatoms. The van der Waals surface area contributed by atoms with Crippen LogP contribution in [0.1, 0.15) is 10.4 Å². The molecule has 0 heterocycles. The number of sulfonamides is 1. The molecule has 21 heavy (non-hydrogen) atoms. The molecule has 0 spiro atoms. The lowest BCUT2D eigenvalue weighted by Gasteiger charge is -2.28. The zero-order valence-electron chi connectivity index (χ0n) is 10.7. The molecule has 0 aliphatic carbocycles. The number of hydrogen-bond donors (Lipinski definition) is 5. The summed E-state index contributed by atoms with van der Waals surface area (Å²) in [5.74, 6) is -1.31. The van der Waals surface area contributed by atoms with Gasteiger partial charge in [-0.15, -0.1) is 0 Å². The Morgan fingerprint density at radius 2 is 1.71 bits per heavy atom. The van der Waals surface area contributed by atoms with Crippen molar-refractivity contribution >= 4 is 27.6 Å². The molecule has 1 aromatic carbocycles. The molecule has 0 aliphatic rings. The zero-order chi connectivity index (χ0) is 16.3. The summed E-state index contributed by atoms with van der Waals surface area (Å²) < 4.78 is 26.2. The van der Waals surface area contributed by atoms with E-state index in [0.29, 0.717) is 0 Å². The van der Waals surface area contributed by atoms with E-state index in [2.05, 4.69) is 0 Å². The number of nitrogens with one attached hydrogen (secondary N) is 1. The van der Waals surface area contributed by atoms with Crippen molar-refractivity contribution in [2.24, 2.45) is 0 Å². The zero-order valence-corrected chi connectivity index (χ0v) is 12.2. The molecule has 0 saturated carbocycles. The van der Waals surface area contributed by atoms with Gasteiger partial charge in [-0.1, -0.05) is 11.6 Å². The van der Waals surface area contributed by atoms with E-state index in [1.54, 1.807) is 0 Å². The first-order valence-electron chi connectivity index (χ1n) is 5.61. The molecule has 1 aromatic rings. The molecule has 0 bridgehead atoms. The molecule has 0 saturated heterocycles. The molecule has 0 unspecified atom stereocenters. The van der Waals surface area contributed by atoms with Gasteiger partial charge in [-0.2, -0.15) is 4.72 Å². The Morgan fingerprint density at radius 1 is 1.19 bits per heavy atom. The summed E-state index contributed by atoms with van der Waals surface area (Å²) in [6.07, 6.45) is 0. The van der Waals surface area contributed by atoms with Gasteiger partial charge in [0.25, 0.3) is 0 Å². The van der Waals surface area contributed by atoms with Gasteiger partial charge < -0.3 is 20.4 Å². The molecule has 0 fully saturated rings. The van der Waals surface area contributed by atoms with Gasteiger partial charge in [0, 0.05) is 0 Å². The number of rotatable bonds is 7. The fraction of sp³-hybridized carbons (Fsp3) is 0.364. The third-order valence-corrected chi connectivity index (χ3v) is 4.63. The van der Waals surface area contributed by atoms with Crippen LogP contribution >= 0.6 is 11.6 Å². The third kappa shape index (κ3) is 3.90. The van der Waals surface area contributed by atoms with Crippen molar-refractivity contribution < 1.29 is 33.6 Å². The van der Waals surface area contributed by atoms with Crippen LogP contribution in [-0.2, 0) is 10.0 Å². The highest BCUT2D eigenvalue weighted by atomic mass is 35.5. The van der Waals surface area contributed by atoms with E-state index in [1.165, 1.54) is 0 Å². The molecule has 1 rings (SSSR count). The Kier molecular flexibility index (Phi) is 5.68. The number of aliphatic hydroxyl groups excluding tert-OH is 3. The Labute approximate surface area is 125 Å². The van der Waals surface area contributed by atoms with Crippen LogP contribution in [0.15, 0.2) is 23.1 Å². The van der Waals surface area contributed by atoms with E-state index < -0.39 is 41.4 Å². The molecule has 0 radical (unpaired) electrons. The quantitative estimate of drug-likeness (QED) is 0.430. The van der Waals surface area contributed by atoms with Gasteiger partial charge in [0.15, 0.2) is 0 Å². The maximum atomic E-state index is 12.1. The Morgan fingerprint density at radius 3 is 2.10 bits per heavy atom. The topological polar surface area (TPSA) is 144 Å². The van der Waals surface area contributed by atoms with Crippen LogP contribution in [0.2, 0.25) is 5.02 Å². The van der Waals surface area contributed by atoms with Gasteiger partial charge in [0.05, 0.1) is 35.3 Å². The van der Waals surface area contributed by atoms with Crippen LogP contribution in [-0.4, -0.2) is 60.2 Å². The van der Waals surface area contributed by atoms with Gasteiger partial charge in [-0.25, -0.2) is 13.2 Å². The monoisotopic (exact) mass is 339 g/mol. The smallest absolute Gasteiger partial charge is 0.337 e. The Hall–Kier alpha value is -1.23. The third-order valence-electron chi connectivity index (χ3n) is 2.74. The Bertz CT molecular complexity index is 619. The second-order valence-corrected chi connectivity index (χ2v) is 6.40. The first kappa shape index (κ1) is 17.8. The predicted molar refractivity (Wildman–Crippen MR) is 72.7 cm³/mol. The fourth-order valence-corrected chi connectivity index (χ4v) is 3.16. The number of carboxylic acid groups (broad SMARTS) is 1. The summed E-state index contributed by atoms with van der Waals surface area (Å²) >= 11 is 5.68. The average molecular weight is 340 g/mol. The van der Waals surface area contributed by atoms with Crippen LogP contribution in [0.3, 0.4) is 0 Å². The minimum absolute atomic E-state index is 0.270. The maximum absolute atomic E-state index is 12.1. The standard InChI is InChI=1S/C11H14ClNO7S/c12-9-3-7(1-2-8(9)10(17)18)21(19,20)13-11(4-14,5-15)6-16/h1-3,13-16H,4-6H2,(H,17,18). The lowest BCUT2D eigenvalue weighted by atomic mass is 10.1. The van der Waals surface area contributed by atoms with Gasteiger partial charge in [-0.3, -0.25) is 0 Å². The Balaban J connectivity index is 3.20. The summed E-state index contributed by atoms with van der Waals surface area (Å²) in [7, 11) is -4.23. The molecule has 5 N–H and O–H groups in total. The lowest BCUT2D eigenvalue weighted by molar-refractivity contribution is 0.0582. The van der Waals surface area contributed by atoms with E-state index >= 15 is 0 Å². The van der Waals surface area contributed by atoms with Gasteiger partial charge in [0.2, 0.25) is 10.0 Å². The van der Waals surface area contributed by atoms with Crippen molar-refractivity contribution in [3.63, 3.8) is 0 Å². The van der Waals surface area contributed by atoms with Crippen LogP contribution in [0.25, 0.3) is 0 Å². The number of aromatic carboxylic acids is 1. The minimum atomic E-state index is -4.23. The highest BCUT2D eigenvalue weighted by Gasteiger charge is 2.34.